The third-order valence-corrected chi connectivity index (χ3v) is 4.35. The first-order valence-corrected chi connectivity index (χ1v) is 9.80. The molecule has 0 aliphatic heterocycles. The second kappa shape index (κ2) is 14.1. The Morgan fingerprint density at radius 3 is 2.12 bits per heavy atom. The van der Waals surface area contributed by atoms with Crippen LogP contribution in [0.25, 0.3) is 0 Å². The normalized spacial score (nSPS) is 11.1. The molecule has 0 aromatic heterocycles. The molecule has 1 rings (SSSR count). The van der Waals surface area contributed by atoms with Crippen LogP contribution in [0.4, 0.5) is 5.69 Å². The van der Waals surface area contributed by atoms with Gasteiger partial charge in [0.2, 0.25) is 0 Å². The topological polar surface area (TPSA) is 29.1 Å². The first kappa shape index (κ1) is 20.8. The van der Waals surface area contributed by atoms with Crippen molar-refractivity contribution in [3.05, 3.63) is 42.0 Å². The Balaban J connectivity index is 1.95. The fraction of sp³-hybridized carbons (Fsp3) is 0.571. The van der Waals surface area contributed by atoms with Crippen LogP contribution in [0.15, 0.2) is 36.4 Å². The average Bonchev–Trinajstić information content (AvgIpc) is 2.59. The summed E-state index contributed by atoms with van der Waals surface area (Å²) in [6, 6.07) is 7.29. The zero-order chi connectivity index (χ0) is 17.5. The second-order valence-electron chi connectivity index (χ2n) is 6.30. The minimum absolute atomic E-state index is 0.410. The minimum atomic E-state index is -0.410. The SMILES string of the molecule is CCCCCCCCCC=CCCCNc1ccc(C(=O)Cl)cc1. The van der Waals surface area contributed by atoms with Crippen LogP contribution >= 0.6 is 11.6 Å². The van der Waals surface area contributed by atoms with Crippen molar-refractivity contribution in [2.75, 3.05) is 11.9 Å². The van der Waals surface area contributed by atoms with Gasteiger partial charge in [0.1, 0.15) is 0 Å². The quantitative estimate of drug-likeness (QED) is 0.223. The fourth-order valence-corrected chi connectivity index (χ4v) is 2.75. The largest absolute Gasteiger partial charge is 0.385 e. The minimum Gasteiger partial charge on any atom is -0.385 e. The molecule has 0 aliphatic rings. The lowest BCUT2D eigenvalue weighted by atomic mass is 10.1. The molecule has 0 aliphatic carbocycles. The molecule has 3 heteroatoms. The van der Waals surface area contributed by atoms with Crippen molar-refractivity contribution in [2.24, 2.45) is 0 Å². The summed E-state index contributed by atoms with van der Waals surface area (Å²) in [6.07, 6.45) is 17.7. The van der Waals surface area contributed by atoms with Crippen LogP contribution in [0.5, 0.6) is 0 Å². The molecule has 2 nitrogen and oxygen atoms in total. The molecular formula is C21H32ClNO. The number of carbonyl (C=O) groups is 1. The summed E-state index contributed by atoms with van der Waals surface area (Å²) in [5, 5.41) is 2.95. The van der Waals surface area contributed by atoms with E-state index in [0.29, 0.717) is 5.56 Å². The molecule has 1 N–H and O–H groups in total. The van der Waals surface area contributed by atoms with Crippen molar-refractivity contribution < 1.29 is 4.79 Å². The first-order valence-electron chi connectivity index (χ1n) is 9.42. The predicted octanol–water partition coefficient (Wildman–Crippen LogP) is 6.95. The summed E-state index contributed by atoms with van der Waals surface area (Å²) < 4.78 is 0. The van der Waals surface area contributed by atoms with E-state index in [0.717, 1.165) is 25.1 Å². The van der Waals surface area contributed by atoms with E-state index in [9.17, 15) is 4.79 Å². The second-order valence-corrected chi connectivity index (χ2v) is 6.64. The monoisotopic (exact) mass is 349 g/mol. The number of hydrogen-bond acceptors (Lipinski definition) is 2. The molecule has 0 amide bonds. The van der Waals surface area contributed by atoms with Gasteiger partial charge >= 0.3 is 0 Å². The average molecular weight is 350 g/mol. The molecule has 0 radical (unpaired) electrons. The number of nitrogens with one attached hydrogen (secondary N) is 1. The summed E-state index contributed by atoms with van der Waals surface area (Å²) in [7, 11) is 0. The molecule has 0 spiro atoms. The van der Waals surface area contributed by atoms with E-state index < -0.39 is 5.24 Å². The lowest BCUT2D eigenvalue weighted by molar-refractivity contribution is 0.108. The number of benzene rings is 1. The molecule has 0 saturated heterocycles. The summed E-state index contributed by atoms with van der Waals surface area (Å²) in [6.45, 7) is 3.20. The summed E-state index contributed by atoms with van der Waals surface area (Å²) >= 11 is 5.42. The molecule has 1 aromatic carbocycles. The molecular weight excluding hydrogens is 318 g/mol. The lowest BCUT2D eigenvalue weighted by Gasteiger charge is -2.05. The number of rotatable bonds is 14. The van der Waals surface area contributed by atoms with Crippen LogP contribution in [0, 0.1) is 0 Å². The van der Waals surface area contributed by atoms with Gasteiger partial charge in [0.15, 0.2) is 0 Å². The predicted molar refractivity (Wildman–Crippen MR) is 106 cm³/mol. The molecule has 0 saturated carbocycles. The molecule has 134 valence electrons. The van der Waals surface area contributed by atoms with Gasteiger partial charge in [-0.3, -0.25) is 4.79 Å². The Hall–Kier alpha value is -1.28. The van der Waals surface area contributed by atoms with E-state index in [4.69, 9.17) is 11.6 Å². The van der Waals surface area contributed by atoms with E-state index in [1.54, 1.807) is 12.1 Å². The number of unbranched alkanes of at least 4 members (excludes halogenated alkanes) is 8. The van der Waals surface area contributed by atoms with Gasteiger partial charge in [-0.05, 0) is 61.5 Å². The molecule has 0 atom stereocenters. The first-order chi connectivity index (χ1) is 11.7. The number of halogens is 1. The van der Waals surface area contributed by atoms with Crippen molar-refractivity contribution in [1.29, 1.82) is 0 Å². The van der Waals surface area contributed by atoms with E-state index in [1.807, 2.05) is 12.1 Å². The van der Waals surface area contributed by atoms with Gasteiger partial charge < -0.3 is 5.32 Å². The van der Waals surface area contributed by atoms with Crippen molar-refractivity contribution in [3.63, 3.8) is 0 Å². The van der Waals surface area contributed by atoms with Gasteiger partial charge in [0, 0.05) is 17.8 Å². The number of anilines is 1. The van der Waals surface area contributed by atoms with Crippen LogP contribution < -0.4 is 5.32 Å². The Labute approximate surface area is 152 Å². The van der Waals surface area contributed by atoms with E-state index in [-0.39, 0.29) is 0 Å². The molecule has 24 heavy (non-hydrogen) atoms. The molecule has 1 aromatic rings. The molecule has 0 bridgehead atoms. The van der Waals surface area contributed by atoms with Gasteiger partial charge in [0.05, 0.1) is 0 Å². The molecule has 0 unspecified atom stereocenters. The Morgan fingerprint density at radius 1 is 0.917 bits per heavy atom. The number of carbonyl (C=O) groups excluding carboxylic acids is 1. The lowest BCUT2D eigenvalue weighted by Crippen LogP contribution is -2.01. The highest BCUT2D eigenvalue weighted by Gasteiger charge is 2.00. The van der Waals surface area contributed by atoms with Crippen LogP contribution in [-0.4, -0.2) is 11.8 Å². The summed E-state index contributed by atoms with van der Waals surface area (Å²) in [4.78, 5) is 11.0. The fourth-order valence-electron chi connectivity index (χ4n) is 2.63. The summed E-state index contributed by atoms with van der Waals surface area (Å²) in [5.74, 6) is 0. The van der Waals surface area contributed by atoms with Crippen LogP contribution in [0.3, 0.4) is 0 Å². The smallest absolute Gasteiger partial charge is 0.252 e. The number of allylic oxidation sites excluding steroid dienone is 2. The highest BCUT2D eigenvalue weighted by atomic mass is 35.5. The number of hydrogen-bond donors (Lipinski definition) is 1. The summed E-state index contributed by atoms with van der Waals surface area (Å²) in [5.41, 5.74) is 1.57. The van der Waals surface area contributed by atoms with Gasteiger partial charge in [-0.15, -0.1) is 0 Å². The van der Waals surface area contributed by atoms with Crippen molar-refractivity contribution >= 4 is 22.5 Å². The third kappa shape index (κ3) is 10.5. The van der Waals surface area contributed by atoms with Gasteiger partial charge in [-0.1, -0.05) is 57.6 Å². The van der Waals surface area contributed by atoms with E-state index in [1.165, 1.54) is 51.4 Å². The molecule has 0 fully saturated rings. The van der Waals surface area contributed by atoms with Crippen molar-refractivity contribution in [2.45, 2.75) is 71.1 Å². The Bertz CT molecular complexity index is 467. The van der Waals surface area contributed by atoms with Gasteiger partial charge in [0.25, 0.3) is 5.24 Å². The van der Waals surface area contributed by atoms with Gasteiger partial charge in [-0.2, -0.15) is 0 Å². The molecule has 0 heterocycles. The van der Waals surface area contributed by atoms with E-state index in [2.05, 4.69) is 24.4 Å². The third-order valence-electron chi connectivity index (χ3n) is 4.13. The standard InChI is InChI=1S/C21H32ClNO/c1-2-3-4-5-6-7-8-9-10-11-12-13-18-23-20-16-14-19(15-17-20)21(22)24/h10-11,14-17,23H,2-9,12-13,18H2,1H3. The van der Waals surface area contributed by atoms with Gasteiger partial charge in [-0.25, -0.2) is 0 Å². The van der Waals surface area contributed by atoms with Crippen LogP contribution in [-0.2, 0) is 0 Å². The zero-order valence-corrected chi connectivity index (χ0v) is 15.8. The maximum Gasteiger partial charge on any atom is 0.252 e. The Kier molecular flexibility index (Phi) is 12.2. The highest BCUT2D eigenvalue weighted by Crippen LogP contribution is 2.12. The maximum atomic E-state index is 11.0. The van der Waals surface area contributed by atoms with E-state index >= 15 is 0 Å². The van der Waals surface area contributed by atoms with Crippen LogP contribution in [0.1, 0.15) is 81.5 Å². The Morgan fingerprint density at radius 2 is 1.50 bits per heavy atom. The highest BCUT2D eigenvalue weighted by molar-refractivity contribution is 6.67. The van der Waals surface area contributed by atoms with Crippen molar-refractivity contribution in [3.8, 4) is 0 Å². The van der Waals surface area contributed by atoms with Crippen molar-refractivity contribution in [1.82, 2.24) is 0 Å². The van der Waals surface area contributed by atoms with Crippen LogP contribution in [0.2, 0.25) is 0 Å². The zero-order valence-electron chi connectivity index (χ0n) is 15.0. The maximum absolute atomic E-state index is 11.0.